The second kappa shape index (κ2) is 5.81. The molecule has 12 heavy (non-hydrogen) atoms. The van der Waals surface area contributed by atoms with Gasteiger partial charge in [-0.1, -0.05) is 23.7 Å². The Morgan fingerprint density at radius 2 is 1.75 bits per heavy atom. The Morgan fingerprint density at radius 3 is 2.08 bits per heavy atom. The monoisotopic (exact) mass is 202 g/mol. The molecule has 0 radical (unpaired) electrons. The van der Waals surface area contributed by atoms with Crippen LogP contribution >= 0.6 is 23.2 Å². The lowest BCUT2D eigenvalue weighted by atomic mass is 10.2. The Hall–Kier alpha value is -0.790. The van der Waals surface area contributed by atoms with E-state index in [1.165, 1.54) is 0 Å². The molecule has 0 saturated carbocycles. The van der Waals surface area contributed by atoms with Crippen LogP contribution in [0.25, 0.3) is 0 Å². The summed E-state index contributed by atoms with van der Waals surface area (Å²) in [5.41, 5.74) is 0.353. The Morgan fingerprint density at radius 1 is 1.25 bits per heavy atom. The van der Waals surface area contributed by atoms with Gasteiger partial charge in [0.2, 0.25) is 0 Å². The maximum absolute atomic E-state index is 10.5. The van der Waals surface area contributed by atoms with Crippen molar-refractivity contribution >= 4 is 28.4 Å². The van der Waals surface area contributed by atoms with Gasteiger partial charge in [-0.3, -0.25) is 4.79 Å². The third-order valence-electron chi connectivity index (χ3n) is 1.09. The number of benzene rings is 1. The number of halogens is 2. The predicted molar refractivity (Wildman–Crippen MR) is 52.9 cm³/mol. The van der Waals surface area contributed by atoms with Crippen LogP contribution in [0.5, 0.6) is 0 Å². The standard InChI is InChI=1S/C7H4Cl2O.C2H4/c8-6-4-2-1-3-5(6)7(9)10;1-2/h1-4H;1-2H2. The van der Waals surface area contributed by atoms with Crippen molar-refractivity contribution < 1.29 is 4.79 Å². The van der Waals surface area contributed by atoms with Gasteiger partial charge < -0.3 is 0 Å². The van der Waals surface area contributed by atoms with E-state index < -0.39 is 5.24 Å². The summed E-state index contributed by atoms with van der Waals surface area (Å²) >= 11 is 10.8. The van der Waals surface area contributed by atoms with Gasteiger partial charge in [0.1, 0.15) is 0 Å². The van der Waals surface area contributed by atoms with Crippen LogP contribution in [0.3, 0.4) is 0 Å². The van der Waals surface area contributed by atoms with E-state index in [1.54, 1.807) is 24.3 Å². The molecule has 0 atom stereocenters. The first-order valence-electron chi connectivity index (χ1n) is 3.16. The number of hydrogen-bond acceptors (Lipinski definition) is 1. The molecule has 0 N–H and O–H groups in total. The zero-order valence-electron chi connectivity index (χ0n) is 6.39. The molecule has 1 nitrogen and oxygen atoms in total. The molecular weight excluding hydrogens is 195 g/mol. The van der Waals surface area contributed by atoms with Crippen LogP contribution in [0.2, 0.25) is 5.02 Å². The molecule has 0 unspecified atom stereocenters. The SMILES string of the molecule is C=C.O=C(Cl)c1ccccc1Cl. The van der Waals surface area contributed by atoms with Crippen molar-refractivity contribution in [2.75, 3.05) is 0 Å². The molecule has 0 aliphatic heterocycles. The summed E-state index contributed by atoms with van der Waals surface area (Å²) in [7, 11) is 0. The smallest absolute Gasteiger partial charge is 0.253 e. The highest BCUT2D eigenvalue weighted by atomic mass is 35.5. The lowest BCUT2D eigenvalue weighted by Gasteiger charge is -1.93. The number of carbonyl (C=O) groups is 1. The highest BCUT2D eigenvalue weighted by Crippen LogP contribution is 2.16. The minimum Gasteiger partial charge on any atom is -0.276 e. The van der Waals surface area contributed by atoms with E-state index in [-0.39, 0.29) is 0 Å². The first-order valence-corrected chi connectivity index (χ1v) is 3.92. The van der Waals surface area contributed by atoms with E-state index in [0.717, 1.165) is 0 Å². The number of rotatable bonds is 1. The molecule has 1 aromatic carbocycles. The third-order valence-corrected chi connectivity index (χ3v) is 1.62. The van der Waals surface area contributed by atoms with Crippen molar-refractivity contribution in [3.05, 3.63) is 48.0 Å². The largest absolute Gasteiger partial charge is 0.276 e. The lowest BCUT2D eigenvalue weighted by molar-refractivity contribution is 0.108. The minimum atomic E-state index is -0.523. The maximum Gasteiger partial charge on any atom is 0.253 e. The zero-order chi connectivity index (χ0) is 9.56. The Bertz CT molecular complexity index is 271. The minimum absolute atomic E-state index is 0.353. The summed E-state index contributed by atoms with van der Waals surface area (Å²) in [5, 5.41) is -0.131. The molecule has 3 heteroatoms. The summed E-state index contributed by atoms with van der Waals surface area (Å²) in [6.07, 6.45) is 0. The van der Waals surface area contributed by atoms with E-state index in [2.05, 4.69) is 13.2 Å². The van der Waals surface area contributed by atoms with Crippen molar-refractivity contribution in [2.24, 2.45) is 0 Å². The zero-order valence-corrected chi connectivity index (χ0v) is 7.90. The molecule has 0 spiro atoms. The van der Waals surface area contributed by atoms with Gasteiger partial charge in [0.25, 0.3) is 5.24 Å². The van der Waals surface area contributed by atoms with E-state index in [4.69, 9.17) is 23.2 Å². The van der Waals surface area contributed by atoms with Gasteiger partial charge in [0.15, 0.2) is 0 Å². The quantitative estimate of drug-likeness (QED) is 0.504. The van der Waals surface area contributed by atoms with E-state index in [1.807, 2.05) is 0 Å². The molecule has 0 aliphatic carbocycles. The van der Waals surface area contributed by atoms with Crippen LogP contribution in [-0.4, -0.2) is 5.24 Å². The molecule has 0 aromatic heterocycles. The van der Waals surface area contributed by atoms with Gasteiger partial charge in [0, 0.05) is 0 Å². The first kappa shape index (κ1) is 11.2. The molecule has 0 fully saturated rings. The molecule has 0 aliphatic rings. The van der Waals surface area contributed by atoms with E-state index in [0.29, 0.717) is 10.6 Å². The van der Waals surface area contributed by atoms with Crippen LogP contribution in [0.4, 0.5) is 0 Å². The maximum atomic E-state index is 10.5. The van der Waals surface area contributed by atoms with Gasteiger partial charge in [-0.25, -0.2) is 0 Å². The summed E-state index contributed by atoms with van der Waals surface area (Å²) in [5.74, 6) is 0. The summed E-state index contributed by atoms with van der Waals surface area (Å²) in [6.45, 7) is 6.00. The van der Waals surface area contributed by atoms with Crippen LogP contribution in [0.15, 0.2) is 37.4 Å². The van der Waals surface area contributed by atoms with Crippen molar-refractivity contribution in [1.29, 1.82) is 0 Å². The Labute approximate surface area is 81.6 Å². The topological polar surface area (TPSA) is 17.1 Å². The second-order valence-electron chi connectivity index (χ2n) is 1.75. The molecule has 64 valence electrons. The fraction of sp³-hybridized carbons (Fsp3) is 0. The van der Waals surface area contributed by atoms with Crippen molar-refractivity contribution in [1.82, 2.24) is 0 Å². The van der Waals surface area contributed by atoms with Gasteiger partial charge in [-0.15, -0.1) is 13.2 Å². The summed E-state index contributed by atoms with van der Waals surface area (Å²) in [4.78, 5) is 10.5. The summed E-state index contributed by atoms with van der Waals surface area (Å²) in [6, 6.07) is 6.65. The average molecular weight is 203 g/mol. The van der Waals surface area contributed by atoms with Crippen molar-refractivity contribution in [2.45, 2.75) is 0 Å². The molecular formula is C9H8Cl2O. The molecule has 0 saturated heterocycles. The number of carbonyl (C=O) groups excluding carboxylic acids is 1. The summed E-state index contributed by atoms with van der Waals surface area (Å²) < 4.78 is 0. The molecule has 0 heterocycles. The molecule has 1 aromatic rings. The van der Waals surface area contributed by atoms with E-state index >= 15 is 0 Å². The van der Waals surface area contributed by atoms with Crippen molar-refractivity contribution in [3.63, 3.8) is 0 Å². The fourth-order valence-electron chi connectivity index (χ4n) is 0.621. The second-order valence-corrected chi connectivity index (χ2v) is 2.50. The highest BCUT2D eigenvalue weighted by Gasteiger charge is 2.03. The first-order chi connectivity index (χ1) is 5.72. The lowest BCUT2D eigenvalue weighted by Crippen LogP contribution is -1.87. The van der Waals surface area contributed by atoms with Crippen LogP contribution in [0, 0.1) is 0 Å². The Balaban J connectivity index is 0.000000561. The molecule has 0 bridgehead atoms. The van der Waals surface area contributed by atoms with Crippen molar-refractivity contribution in [3.8, 4) is 0 Å². The highest BCUT2D eigenvalue weighted by molar-refractivity contribution is 6.68. The normalized spacial score (nSPS) is 8.17. The molecule has 0 amide bonds. The van der Waals surface area contributed by atoms with Crippen LogP contribution < -0.4 is 0 Å². The van der Waals surface area contributed by atoms with Crippen LogP contribution in [-0.2, 0) is 0 Å². The van der Waals surface area contributed by atoms with Gasteiger partial charge >= 0.3 is 0 Å². The van der Waals surface area contributed by atoms with Gasteiger partial charge in [-0.05, 0) is 23.7 Å². The van der Waals surface area contributed by atoms with Gasteiger partial charge in [0.05, 0.1) is 10.6 Å². The van der Waals surface area contributed by atoms with Crippen LogP contribution in [0.1, 0.15) is 10.4 Å². The Kier molecular flexibility index (Phi) is 5.43. The predicted octanol–water partition coefficient (Wildman–Crippen LogP) is 3.52. The van der Waals surface area contributed by atoms with E-state index in [9.17, 15) is 4.79 Å². The molecule has 1 rings (SSSR count). The average Bonchev–Trinajstić information content (AvgIpc) is 2.08. The number of hydrogen-bond donors (Lipinski definition) is 0. The third kappa shape index (κ3) is 3.07. The fourth-order valence-corrected chi connectivity index (χ4v) is 1.06. The van der Waals surface area contributed by atoms with Gasteiger partial charge in [-0.2, -0.15) is 0 Å².